The van der Waals surface area contributed by atoms with Crippen molar-refractivity contribution in [2.45, 2.75) is 13.8 Å². The predicted molar refractivity (Wildman–Crippen MR) is 66.6 cm³/mol. The molecule has 0 aliphatic rings. The smallest absolute Gasteiger partial charge is 0.247 e. The predicted octanol–water partition coefficient (Wildman–Crippen LogP) is 2.23. The summed E-state index contributed by atoms with van der Waals surface area (Å²) in [7, 11) is 0. The van der Waals surface area contributed by atoms with Crippen LogP contribution >= 0.6 is 0 Å². The first-order valence-corrected chi connectivity index (χ1v) is 5.11. The fourth-order valence-electron chi connectivity index (χ4n) is 1.34. The molecule has 2 nitrogen and oxygen atoms in total. The number of nitrogens with one attached hydrogen (secondary N) is 1. The van der Waals surface area contributed by atoms with Crippen molar-refractivity contribution in [3.05, 3.63) is 41.5 Å². The van der Waals surface area contributed by atoms with Gasteiger partial charge in [-0.2, -0.15) is 0 Å². The van der Waals surface area contributed by atoms with Gasteiger partial charge in [-0.05, 0) is 25.0 Å². The molecule has 16 heavy (non-hydrogen) atoms. The third-order valence-electron chi connectivity index (χ3n) is 2.46. The Morgan fingerprint density at radius 1 is 1.31 bits per heavy atom. The molecule has 0 spiro atoms. The van der Waals surface area contributed by atoms with Crippen LogP contribution in [0.5, 0.6) is 0 Å². The van der Waals surface area contributed by atoms with Crippen LogP contribution in [0.25, 0.3) is 5.57 Å². The first kappa shape index (κ1) is 12.1. The summed E-state index contributed by atoms with van der Waals surface area (Å²) in [5.41, 5.74) is 2.72. The van der Waals surface area contributed by atoms with Gasteiger partial charge in [0.1, 0.15) is 0 Å². The molecule has 1 rings (SSSR count). The van der Waals surface area contributed by atoms with Gasteiger partial charge in [0, 0.05) is 5.57 Å². The minimum atomic E-state index is -0.112. The summed E-state index contributed by atoms with van der Waals surface area (Å²) >= 11 is 0. The van der Waals surface area contributed by atoms with E-state index in [0.717, 1.165) is 11.1 Å². The molecule has 0 saturated carbocycles. The number of hydrogen-bond acceptors (Lipinski definition) is 1. The average molecular weight is 213 g/mol. The number of carbonyl (C=O) groups excluding carboxylic acids is 1. The quantitative estimate of drug-likeness (QED) is 0.605. The van der Waals surface area contributed by atoms with Crippen LogP contribution in [0.15, 0.2) is 35.9 Å². The fourth-order valence-corrected chi connectivity index (χ4v) is 1.34. The van der Waals surface area contributed by atoms with Crippen LogP contribution in [-0.4, -0.2) is 12.5 Å². The molecule has 0 unspecified atom stereocenters. The standard InChI is InChI=1S/C14H15NO/c1-4-10-15-14(16)12(3)11(2)13-8-6-5-7-9-13/h1,5-9H,10H2,2-3H3,(H,15,16)/b12-11-. The number of terminal acetylenes is 1. The van der Waals surface area contributed by atoms with E-state index in [1.807, 2.05) is 37.3 Å². The van der Waals surface area contributed by atoms with Gasteiger partial charge in [0.15, 0.2) is 0 Å². The van der Waals surface area contributed by atoms with Crippen molar-refractivity contribution < 1.29 is 4.79 Å². The van der Waals surface area contributed by atoms with Crippen molar-refractivity contribution >= 4 is 11.5 Å². The molecule has 0 fully saturated rings. The van der Waals surface area contributed by atoms with Crippen LogP contribution in [0, 0.1) is 12.3 Å². The summed E-state index contributed by atoms with van der Waals surface area (Å²) in [5, 5.41) is 2.65. The van der Waals surface area contributed by atoms with Crippen LogP contribution in [0.4, 0.5) is 0 Å². The summed E-state index contributed by atoms with van der Waals surface area (Å²) in [6.07, 6.45) is 5.08. The lowest BCUT2D eigenvalue weighted by atomic mass is 10.0. The molecule has 1 aromatic carbocycles. The average Bonchev–Trinajstić information content (AvgIpc) is 2.35. The Balaban J connectivity index is 2.89. The van der Waals surface area contributed by atoms with Crippen LogP contribution < -0.4 is 5.32 Å². The molecule has 1 N–H and O–H groups in total. The van der Waals surface area contributed by atoms with E-state index in [4.69, 9.17) is 6.42 Å². The Morgan fingerprint density at radius 3 is 2.50 bits per heavy atom. The van der Waals surface area contributed by atoms with E-state index in [0.29, 0.717) is 5.57 Å². The van der Waals surface area contributed by atoms with Crippen LogP contribution in [0.1, 0.15) is 19.4 Å². The highest BCUT2D eigenvalue weighted by atomic mass is 16.1. The van der Waals surface area contributed by atoms with Crippen molar-refractivity contribution in [3.8, 4) is 12.3 Å². The van der Waals surface area contributed by atoms with E-state index in [9.17, 15) is 4.79 Å². The molecular weight excluding hydrogens is 198 g/mol. The Bertz CT molecular complexity index is 438. The summed E-state index contributed by atoms with van der Waals surface area (Å²) in [6.45, 7) is 3.99. The first-order valence-electron chi connectivity index (χ1n) is 5.11. The van der Waals surface area contributed by atoms with Crippen LogP contribution in [0.2, 0.25) is 0 Å². The zero-order chi connectivity index (χ0) is 12.0. The molecule has 1 amide bonds. The minimum Gasteiger partial charge on any atom is -0.341 e. The second-order valence-electron chi connectivity index (χ2n) is 3.50. The molecule has 0 saturated heterocycles. The minimum absolute atomic E-state index is 0.112. The molecule has 82 valence electrons. The molecular formula is C14H15NO. The maximum Gasteiger partial charge on any atom is 0.247 e. The number of benzene rings is 1. The van der Waals surface area contributed by atoms with Gasteiger partial charge >= 0.3 is 0 Å². The van der Waals surface area contributed by atoms with E-state index >= 15 is 0 Å². The van der Waals surface area contributed by atoms with Gasteiger partial charge in [-0.25, -0.2) is 0 Å². The normalized spacial score (nSPS) is 11.3. The lowest BCUT2D eigenvalue weighted by Gasteiger charge is -2.07. The molecule has 2 heteroatoms. The first-order chi connectivity index (χ1) is 7.66. The van der Waals surface area contributed by atoms with Gasteiger partial charge in [0.25, 0.3) is 0 Å². The van der Waals surface area contributed by atoms with Gasteiger partial charge in [-0.1, -0.05) is 36.3 Å². The SMILES string of the molecule is C#CCNC(=O)/C(C)=C(/C)c1ccccc1. The van der Waals surface area contributed by atoms with E-state index in [1.54, 1.807) is 6.92 Å². The second kappa shape index (κ2) is 5.77. The number of allylic oxidation sites excluding steroid dienone is 1. The van der Waals surface area contributed by atoms with Crippen molar-refractivity contribution in [3.63, 3.8) is 0 Å². The van der Waals surface area contributed by atoms with Crippen LogP contribution in [-0.2, 0) is 4.79 Å². The molecule has 0 atom stereocenters. The molecule has 0 aliphatic heterocycles. The van der Waals surface area contributed by atoms with Gasteiger partial charge in [0.2, 0.25) is 5.91 Å². The topological polar surface area (TPSA) is 29.1 Å². The Morgan fingerprint density at radius 2 is 1.94 bits per heavy atom. The molecule has 1 aromatic rings. The summed E-state index contributed by atoms with van der Waals surface area (Å²) in [5.74, 6) is 2.27. The van der Waals surface area contributed by atoms with Gasteiger partial charge in [0.05, 0.1) is 6.54 Å². The number of rotatable bonds is 3. The molecule has 0 radical (unpaired) electrons. The Kier molecular flexibility index (Phi) is 4.35. The summed E-state index contributed by atoms with van der Waals surface area (Å²) < 4.78 is 0. The zero-order valence-corrected chi connectivity index (χ0v) is 9.58. The summed E-state index contributed by atoms with van der Waals surface area (Å²) in [6, 6.07) is 9.81. The molecule has 0 aliphatic carbocycles. The van der Waals surface area contributed by atoms with E-state index < -0.39 is 0 Å². The lowest BCUT2D eigenvalue weighted by molar-refractivity contribution is -0.117. The Hall–Kier alpha value is -2.01. The lowest BCUT2D eigenvalue weighted by Crippen LogP contribution is -2.24. The monoisotopic (exact) mass is 213 g/mol. The third-order valence-corrected chi connectivity index (χ3v) is 2.46. The molecule has 0 aromatic heterocycles. The van der Waals surface area contributed by atoms with Crippen LogP contribution in [0.3, 0.4) is 0 Å². The van der Waals surface area contributed by atoms with Gasteiger partial charge in [-0.15, -0.1) is 6.42 Å². The van der Waals surface area contributed by atoms with E-state index in [2.05, 4.69) is 11.2 Å². The maximum atomic E-state index is 11.7. The highest BCUT2D eigenvalue weighted by Crippen LogP contribution is 2.17. The van der Waals surface area contributed by atoms with Crippen molar-refractivity contribution in [2.75, 3.05) is 6.54 Å². The zero-order valence-electron chi connectivity index (χ0n) is 9.58. The third kappa shape index (κ3) is 2.99. The van der Waals surface area contributed by atoms with Crippen molar-refractivity contribution in [1.82, 2.24) is 5.32 Å². The highest BCUT2D eigenvalue weighted by Gasteiger charge is 2.07. The molecule has 0 heterocycles. The van der Waals surface area contributed by atoms with E-state index in [-0.39, 0.29) is 12.5 Å². The van der Waals surface area contributed by atoms with Gasteiger partial charge < -0.3 is 5.32 Å². The number of amides is 1. The molecule has 0 bridgehead atoms. The fraction of sp³-hybridized carbons (Fsp3) is 0.214. The largest absolute Gasteiger partial charge is 0.341 e. The van der Waals surface area contributed by atoms with E-state index in [1.165, 1.54) is 0 Å². The highest BCUT2D eigenvalue weighted by molar-refractivity contribution is 6.00. The Labute approximate surface area is 96.4 Å². The van der Waals surface area contributed by atoms with Crippen molar-refractivity contribution in [2.24, 2.45) is 0 Å². The second-order valence-corrected chi connectivity index (χ2v) is 3.50. The number of hydrogen-bond donors (Lipinski definition) is 1. The number of carbonyl (C=O) groups is 1. The summed E-state index contributed by atoms with van der Waals surface area (Å²) in [4.78, 5) is 11.7. The van der Waals surface area contributed by atoms with Crippen molar-refractivity contribution in [1.29, 1.82) is 0 Å². The van der Waals surface area contributed by atoms with Gasteiger partial charge in [-0.3, -0.25) is 4.79 Å². The maximum absolute atomic E-state index is 11.7.